The lowest BCUT2D eigenvalue weighted by atomic mass is 10.2. The van der Waals surface area contributed by atoms with Gasteiger partial charge in [0.25, 0.3) is 0 Å². The zero-order valence-corrected chi connectivity index (χ0v) is 13.0. The Kier molecular flexibility index (Phi) is 3.50. The van der Waals surface area contributed by atoms with Gasteiger partial charge >= 0.3 is 6.09 Å². The molecule has 2 unspecified atom stereocenters. The van der Waals surface area contributed by atoms with Crippen molar-refractivity contribution in [3.63, 3.8) is 0 Å². The average Bonchev–Trinajstić information content (AvgIpc) is 3.16. The number of benzene rings is 1. The Balaban J connectivity index is 1.70. The van der Waals surface area contributed by atoms with E-state index in [9.17, 15) is 13.6 Å². The molecular formula is C16H20F2N2O2. The number of hydrogen-bond acceptors (Lipinski definition) is 3. The van der Waals surface area contributed by atoms with Crippen LogP contribution in [0.4, 0.5) is 19.3 Å². The molecule has 2 aliphatic rings. The zero-order valence-electron chi connectivity index (χ0n) is 13.0. The van der Waals surface area contributed by atoms with Crippen molar-refractivity contribution in [1.82, 2.24) is 4.90 Å². The Labute approximate surface area is 128 Å². The van der Waals surface area contributed by atoms with Gasteiger partial charge in [0.2, 0.25) is 0 Å². The summed E-state index contributed by atoms with van der Waals surface area (Å²) in [5.41, 5.74) is -0.125. The van der Waals surface area contributed by atoms with Crippen molar-refractivity contribution in [1.29, 1.82) is 0 Å². The van der Waals surface area contributed by atoms with Crippen molar-refractivity contribution in [2.24, 2.45) is 0 Å². The highest BCUT2D eigenvalue weighted by Gasteiger charge is 2.52. The number of hydrogen-bond donors (Lipinski definition) is 0. The van der Waals surface area contributed by atoms with Crippen LogP contribution in [0.5, 0.6) is 0 Å². The summed E-state index contributed by atoms with van der Waals surface area (Å²) in [5.74, 6) is -1.14. The quantitative estimate of drug-likeness (QED) is 0.799. The van der Waals surface area contributed by atoms with E-state index in [1.54, 1.807) is 4.90 Å². The number of piperazine rings is 1. The number of carbonyl (C=O) groups excluding carboxylic acids is 1. The molecule has 6 heteroatoms. The Bertz CT molecular complexity index is 600. The average molecular weight is 310 g/mol. The third-order valence-corrected chi connectivity index (χ3v) is 3.95. The Morgan fingerprint density at radius 1 is 1.23 bits per heavy atom. The van der Waals surface area contributed by atoms with E-state index in [1.807, 2.05) is 25.7 Å². The van der Waals surface area contributed by atoms with Crippen LogP contribution in [-0.2, 0) is 4.74 Å². The van der Waals surface area contributed by atoms with Gasteiger partial charge in [0.15, 0.2) is 0 Å². The summed E-state index contributed by atoms with van der Waals surface area (Å²) in [5, 5.41) is 0. The summed E-state index contributed by atoms with van der Waals surface area (Å²) < 4.78 is 32.3. The number of rotatable bonds is 1. The molecule has 1 heterocycles. The first-order chi connectivity index (χ1) is 10.3. The summed E-state index contributed by atoms with van der Waals surface area (Å²) in [6, 6.07) is 3.75. The molecule has 1 saturated heterocycles. The molecule has 4 nitrogen and oxygen atoms in total. The highest BCUT2D eigenvalue weighted by atomic mass is 19.1. The maximum Gasteiger partial charge on any atom is 0.410 e. The van der Waals surface area contributed by atoms with Gasteiger partial charge in [-0.25, -0.2) is 13.6 Å². The minimum absolute atomic E-state index is 0.0491. The molecule has 0 spiro atoms. The van der Waals surface area contributed by atoms with Gasteiger partial charge in [0, 0.05) is 19.2 Å². The van der Waals surface area contributed by atoms with Crippen LogP contribution < -0.4 is 4.90 Å². The smallest absolute Gasteiger partial charge is 0.410 e. The number of nitrogens with zero attached hydrogens (tertiary/aromatic N) is 2. The summed E-state index contributed by atoms with van der Waals surface area (Å²) in [7, 11) is 0. The second-order valence-corrected chi connectivity index (χ2v) is 6.83. The Morgan fingerprint density at radius 3 is 2.59 bits per heavy atom. The number of halogens is 2. The highest BCUT2D eigenvalue weighted by Crippen LogP contribution is 2.40. The first-order valence-corrected chi connectivity index (χ1v) is 7.47. The predicted molar refractivity (Wildman–Crippen MR) is 78.8 cm³/mol. The molecule has 1 amide bonds. The van der Waals surface area contributed by atoms with Gasteiger partial charge in [-0.3, -0.25) is 0 Å². The zero-order chi connectivity index (χ0) is 16.1. The van der Waals surface area contributed by atoms with Crippen LogP contribution in [0, 0.1) is 11.6 Å². The number of carbonyl (C=O) groups is 1. The number of ether oxygens (including phenoxy) is 1. The minimum Gasteiger partial charge on any atom is -0.444 e. The molecular weight excluding hydrogens is 290 g/mol. The third kappa shape index (κ3) is 2.87. The fourth-order valence-corrected chi connectivity index (χ4v) is 2.95. The molecule has 0 radical (unpaired) electrons. The standard InChI is InChI=1S/C16H20F2N2O2/c1-16(2,3)22-15(21)20-7-6-19(13-9-14(13)20)12-5-4-10(17)8-11(12)18/h4-5,8,13-14H,6-7,9H2,1-3H3. The summed E-state index contributed by atoms with van der Waals surface area (Å²) in [4.78, 5) is 15.8. The van der Waals surface area contributed by atoms with E-state index in [0.29, 0.717) is 18.8 Å². The molecule has 0 bridgehead atoms. The Morgan fingerprint density at radius 2 is 1.95 bits per heavy atom. The van der Waals surface area contributed by atoms with E-state index in [-0.39, 0.29) is 18.2 Å². The molecule has 1 saturated carbocycles. The normalized spacial score (nSPS) is 24.0. The first kappa shape index (κ1) is 15.1. The predicted octanol–water partition coefficient (Wildman–Crippen LogP) is 3.16. The van der Waals surface area contributed by atoms with E-state index in [0.717, 1.165) is 12.5 Å². The van der Waals surface area contributed by atoms with Crippen LogP contribution in [-0.4, -0.2) is 41.8 Å². The lowest BCUT2D eigenvalue weighted by Gasteiger charge is -2.36. The topological polar surface area (TPSA) is 32.8 Å². The first-order valence-electron chi connectivity index (χ1n) is 7.47. The maximum absolute atomic E-state index is 13.9. The van der Waals surface area contributed by atoms with Gasteiger partial charge in [-0.15, -0.1) is 0 Å². The maximum atomic E-state index is 13.9. The van der Waals surface area contributed by atoms with E-state index < -0.39 is 17.2 Å². The van der Waals surface area contributed by atoms with Crippen LogP contribution >= 0.6 is 0 Å². The van der Waals surface area contributed by atoms with Crippen LogP contribution in [0.2, 0.25) is 0 Å². The molecule has 22 heavy (non-hydrogen) atoms. The van der Waals surface area contributed by atoms with Crippen LogP contribution in [0.3, 0.4) is 0 Å². The summed E-state index contributed by atoms with van der Waals surface area (Å²) in [6.45, 7) is 6.49. The van der Waals surface area contributed by atoms with E-state index in [4.69, 9.17) is 4.74 Å². The second-order valence-electron chi connectivity index (χ2n) is 6.83. The summed E-state index contributed by atoms with van der Waals surface area (Å²) in [6.07, 6.45) is 0.468. The third-order valence-electron chi connectivity index (χ3n) is 3.95. The lowest BCUT2D eigenvalue weighted by Crippen LogP contribution is -2.50. The monoisotopic (exact) mass is 310 g/mol. The fourth-order valence-electron chi connectivity index (χ4n) is 2.95. The molecule has 2 fully saturated rings. The van der Waals surface area contributed by atoms with Gasteiger partial charge in [-0.1, -0.05) is 0 Å². The fraction of sp³-hybridized carbons (Fsp3) is 0.562. The molecule has 3 rings (SSSR count). The van der Waals surface area contributed by atoms with Gasteiger partial charge in [-0.2, -0.15) is 0 Å². The van der Waals surface area contributed by atoms with Gasteiger partial charge < -0.3 is 14.5 Å². The molecule has 1 aliphatic heterocycles. The largest absolute Gasteiger partial charge is 0.444 e. The molecule has 1 aromatic rings. The van der Waals surface area contributed by atoms with Crippen molar-refractivity contribution < 1.29 is 18.3 Å². The number of anilines is 1. The van der Waals surface area contributed by atoms with Crippen LogP contribution in [0.1, 0.15) is 27.2 Å². The van der Waals surface area contributed by atoms with Crippen molar-refractivity contribution in [2.75, 3.05) is 18.0 Å². The van der Waals surface area contributed by atoms with E-state index in [2.05, 4.69) is 0 Å². The van der Waals surface area contributed by atoms with E-state index in [1.165, 1.54) is 12.1 Å². The number of fused-ring (bicyclic) bond motifs is 1. The van der Waals surface area contributed by atoms with Crippen LogP contribution in [0.25, 0.3) is 0 Å². The van der Waals surface area contributed by atoms with E-state index >= 15 is 0 Å². The second kappa shape index (κ2) is 5.11. The van der Waals surface area contributed by atoms with Crippen LogP contribution in [0.15, 0.2) is 18.2 Å². The Hall–Kier alpha value is -1.85. The highest BCUT2D eigenvalue weighted by molar-refractivity contribution is 5.70. The van der Waals surface area contributed by atoms with Crippen molar-refractivity contribution in [3.8, 4) is 0 Å². The molecule has 0 N–H and O–H groups in total. The molecule has 0 aromatic heterocycles. The molecule has 1 aromatic carbocycles. The summed E-state index contributed by atoms with van der Waals surface area (Å²) >= 11 is 0. The molecule has 120 valence electrons. The van der Waals surface area contributed by atoms with Crippen molar-refractivity contribution in [3.05, 3.63) is 29.8 Å². The SMILES string of the molecule is CC(C)(C)OC(=O)N1CCN(c2ccc(F)cc2F)C2CC21. The van der Waals surface area contributed by atoms with Gasteiger partial charge in [0.05, 0.1) is 17.8 Å². The van der Waals surface area contributed by atoms with Gasteiger partial charge in [-0.05, 0) is 39.3 Å². The van der Waals surface area contributed by atoms with Gasteiger partial charge in [0.1, 0.15) is 17.2 Å². The lowest BCUT2D eigenvalue weighted by molar-refractivity contribution is 0.0218. The molecule has 2 atom stereocenters. The molecule has 1 aliphatic carbocycles. The minimum atomic E-state index is -0.582. The van der Waals surface area contributed by atoms with Crippen molar-refractivity contribution >= 4 is 11.8 Å². The van der Waals surface area contributed by atoms with Crippen molar-refractivity contribution in [2.45, 2.75) is 44.9 Å². The number of amides is 1.